The van der Waals surface area contributed by atoms with E-state index in [4.69, 9.17) is 11.3 Å². The van der Waals surface area contributed by atoms with Crippen LogP contribution < -0.4 is 5.73 Å². The molecular weight excluding hydrogens is 220 g/mol. The molecule has 1 rings (SSSR count). The van der Waals surface area contributed by atoms with E-state index in [9.17, 15) is 4.79 Å². The predicted molar refractivity (Wildman–Crippen MR) is 65.2 cm³/mol. The van der Waals surface area contributed by atoms with Gasteiger partial charge in [-0.3, -0.25) is 0 Å². The van der Waals surface area contributed by atoms with E-state index in [0.29, 0.717) is 16.8 Å². The van der Waals surface area contributed by atoms with Crippen molar-refractivity contribution < 1.29 is 9.53 Å². The Bertz CT molecular complexity index is 490. The topological polar surface area (TPSA) is 101 Å². The molecule has 0 saturated heterocycles. The number of esters is 1. The first-order valence-corrected chi connectivity index (χ1v) is 4.84. The number of carbonyl (C=O) groups excluding carboxylic acids is 1. The van der Waals surface area contributed by atoms with Crippen molar-refractivity contribution in [3.63, 3.8) is 0 Å². The molecule has 0 aromatic heterocycles. The number of anilines is 1. The minimum Gasteiger partial charge on any atom is -0.465 e. The summed E-state index contributed by atoms with van der Waals surface area (Å²) in [5.41, 5.74) is 15.5. The molecule has 0 atom stereocenters. The van der Waals surface area contributed by atoms with Crippen molar-refractivity contribution in [3.05, 3.63) is 45.8 Å². The molecular formula is C11H12N4O2. The van der Waals surface area contributed by atoms with E-state index in [1.807, 2.05) is 0 Å². The largest absolute Gasteiger partial charge is 0.465 e. The number of rotatable bonds is 4. The summed E-state index contributed by atoms with van der Waals surface area (Å²) in [5.74, 6) is -0.422. The van der Waals surface area contributed by atoms with Gasteiger partial charge < -0.3 is 10.5 Å². The number of nitrogens with two attached hydrogens (primary N) is 1. The van der Waals surface area contributed by atoms with E-state index in [1.165, 1.54) is 7.11 Å². The lowest BCUT2D eigenvalue weighted by Crippen LogP contribution is -2.02. The zero-order valence-corrected chi connectivity index (χ0v) is 9.33. The van der Waals surface area contributed by atoms with E-state index in [1.54, 1.807) is 30.4 Å². The molecule has 0 unspecified atom stereocenters. The van der Waals surface area contributed by atoms with Gasteiger partial charge in [0.25, 0.3) is 0 Å². The molecule has 1 aromatic carbocycles. The number of azide groups is 1. The summed E-state index contributed by atoms with van der Waals surface area (Å²) in [6, 6.07) is 4.83. The third-order valence-corrected chi connectivity index (χ3v) is 2.06. The first-order valence-electron chi connectivity index (χ1n) is 4.84. The summed E-state index contributed by atoms with van der Waals surface area (Å²) >= 11 is 0. The fraction of sp³-hybridized carbons (Fsp3) is 0.182. The van der Waals surface area contributed by atoms with Crippen LogP contribution >= 0.6 is 0 Å². The Balaban J connectivity index is 2.94. The lowest BCUT2D eigenvalue weighted by atomic mass is 10.1. The molecule has 0 aliphatic heterocycles. The first kappa shape index (κ1) is 12.6. The van der Waals surface area contributed by atoms with Crippen LogP contribution in [0, 0.1) is 0 Å². The van der Waals surface area contributed by atoms with Crippen LogP contribution in [-0.2, 0) is 4.74 Å². The van der Waals surface area contributed by atoms with Gasteiger partial charge in [-0.2, -0.15) is 0 Å². The maximum atomic E-state index is 11.3. The normalized spacial score (nSPS) is 9.94. The average molecular weight is 232 g/mol. The number of nitrogen functional groups attached to an aromatic ring is 1. The molecule has 88 valence electrons. The highest BCUT2D eigenvalue weighted by atomic mass is 16.5. The van der Waals surface area contributed by atoms with Crippen molar-refractivity contribution >= 4 is 17.7 Å². The van der Waals surface area contributed by atoms with E-state index < -0.39 is 5.97 Å². The van der Waals surface area contributed by atoms with Gasteiger partial charge in [-0.25, -0.2) is 4.79 Å². The van der Waals surface area contributed by atoms with Gasteiger partial charge >= 0.3 is 5.97 Å². The Kier molecular flexibility index (Phi) is 4.59. The smallest absolute Gasteiger partial charge is 0.337 e. The molecule has 0 bridgehead atoms. The van der Waals surface area contributed by atoms with Crippen LogP contribution in [0.15, 0.2) is 29.4 Å². The molecule has 0 aliphatic carbocycles. The Morgan fingerprint density at radius 3 is 3.06 bits per heavy atom. The summed E-state index contributed by atoms with van der Waals surface area (Å²) in [7, 11) is 1.32. The molecule has 0 fully saturated rings. The molecule has 2 N–H and O–H groups in total. The quantitative estimate of drug-likeness (QED) is 0.283. The number of hydrogen-bond acceptors (Lipinski definition) is 4. The molecule has 0 spiro atoms. The Labute approximate surface area is 98.3 Å². The van der Waals surface area contributed by atoms with Crippen LogP contribution in [-0.4, -0.2) is 19.6 Å². The van der Waals surface area contributed by atoms with E-state index in [0.717, 1.165) is 0 Å². The Morgan fingerprint density at radius 2 is 2.41 bits per heavy atom. The second-order valence-electron chi connectivity index (χ2n) is 3.15. The number of methoxy groups -OCH3 is 1. The SMILES string of the molecule is COC(=O)c1ccc(N)c(C=CCN=[N+]=[N-])c1. The number of benzene rings is 1. The zero-order valence-electron chi connectivity index (χ0n) is 9.33. The van der Waals surface area contributed by atoms with Crippen LogP contribution in [0.4, 0.5) is 5.69 Å². The van der Waals surface area contributed by atoms with E-state index in [2.05, 4.69) is 14.8 Å². The maximum Gasteiger partial charge on any atom is 0.337 e. The molecule has 6 heteroatoms. The van der Waals surface area contributed by atoms with Crippen molar-refractivity contribution in [3.8, 4) is 0 Å². The Morgan fingerprint density at radius 1 is 1.65 bits per heavy atom. The number of carbonyl (C=O) groups is 1. The highest BCUT2D eigenvalue weighted by molar-refractivity contribution is 5.91. The monoisotopic (exact) mass is 232 g/mol. The zero-order chi connectivity index (χ0) is 12.7. The standard InChI is InChI=1S/C11H12N4O2/c1-17-11(16)9-4-5-10(12)8(7-9)3-2-6-14-15-13/h2-5,7H,6,12H2,1H3. The van der Waals surface area contributed by atoms with Gasteiger partial charge in [-0.05, 0) is 29.3 Å². The maximum absolute atomic E-state index is 11.3. The number of hydrogen-bond donors (Lipinski definition) is 1. The van der Waals surface area contributed by atoms with Crippen LogP contribution in [0.1, 0.15) is 15.9 Å². The van der Waals surface area contributed by atoms with Crippen LogP contribution in [0.3, 0.4) is 0 Å². The van der Waals surface area contributed by atoms with Gasteiger partial charge in [0, 0.05) is 17.1 Å². The van der Waals surface area contributed by atoms with Crippen LogP contribution in [0.2, 0.25) is 0 Å². The lowest BCUT2D eigenvalue weighted by Gasteiger charge is -2.03. The molecule has 17 heavy (non-hydrogen) atoms. The molecule has 0 saturated carbocycles. The van der Waals surface area contributed by atoms with Gasteiger partial charge in [0.15, 0.2) is 0 Å². The van der Waals surface area contributed by atoms with Crippen molar-refractivity contribution in [2.75, 3.05) is 19.4 Å². The van der Waals surface area contributed by atoms with Crippen LogP contribution in [0.5, 0.6) is 0 Å². The molecule has 6 nitrogen and oxygen atoms in total. The lowest BCUT2D eigenvalue weighted by molar-refractivity contribution is 0.0601. The molecule has 1 aromatic rings. The highest BCUT2D eigenvalue weighted by Gasteiger charge is 2.06. The van der Waals surface area contributed by atoms with Gasteiger partial charge in [0.2, 0.25) is 0 Å². The Hall–Kier alpha value is -2.46. The van der Waals surface area contributed by atoms with Crippen molar-refractivity contribution in [1.82, 2.24) is 0 Å². The second kappa shape index (κ2) is 6.19. The van der Waals surface area contributed by atoms with Gasteiger partial charge in [0.1, 0.15) is 0 Å². The third kappa shape index (κ3) is 3.55. The number of ether oxygens (including phenoxy) is 1. The fourth-order valence-corrected chi connectivity index (χ4v) is 1.23. The summed E-state index contributed by atoms with van der Waals surface area (Å²) < 4.78 is 4.60. The average Bonchev–Trinajstić information content (AvgIpc) is 2.35. The first-order chi connectivity index (χ1) is 8.19. The van der Waals surface area contributed by atoms with Gasteiger partial charge in [-0.1, -0.05) is 17.3 Å². The molecule has 0 amide bonds. The van der Waals surface area contributed by atoms with Crippen molar-refractivity contribution in [2.24, 2.45) is 5.11 Å². The fourth-order valence-electron chi connectivity index (χ4n) is 1.23. The molecule has 0 heterocycles. The van der Waals surface area contributed by atoms with Crippen molar-refractivity contribution in [1.29, 1.82) is 0 Å². The summed E-state index contributed by atoms with van der Waals surface area (Å²) in [5, 5.41) is 3.35. The summed E-state index contributed by atoms with van der Waals surface area (Å²) in [6.07, 6.45) is 3.35. The van der Waals surface area contributed by atoms with Gasteiger partial charge in [-0.15, -0.1) is 0 Å². The van der Waals surface area contributed by atoms with Crippen molar-refractivity contribution in [2.45, 2.75) is 0 Å². The van der Waals surface area contributed by atoms with E-state index in [-0.39, 0.29) is 6.54 Å². The van der Waals surface area contributed by atoms with Gasteiger partial charge in [0.05, 0.1) is 12.7 Å². The summed E-state index contributed by atoms with van der Waals surface area (Å²) in [4.78, 5) is 13.9. The minimum absolute atomic E-state index is 0.235. The second-order valence-corrected chi connectivity index (χ2v) is 3.15. The third-order valence-electron chi connectivity index (χ3n) is 2.06. The molecule has 0 aliphatic rings. The van der Waals surface area contributed by atoms with Crippen LogP contribution in [0.25, 0.3) is 16.5 Å². The predicted octanol–water partition coefficient (Wildman–Crippen LogP) is 2.38. The summed E-state index contributed by atoms with van der Waals surface area (Å²) in [6.45, 7) is 0.235. The van der Waals surface area contributed by atoms with E-state index >= 15 is 0 Å². The number of nitrogens with zero attached hydrogens (tertiary/aromatic N) is 3. The molecule has 0 radical (unpaired) electrons. The minimum atomic E-state index is -0.422. The highest BCUT2D eigenvalue weighted by Crippen LogP contribution is 2.16.